The summed E-state index contributed by atoms with van der Waals surface area (Å²) >= 11 is 0. The van der Waals surface area contributed by atoms with Gasteiger partial charge in [-0.1, -0.05) is 51.3 Å². The molecule has 0 saturated carbocycles. The van der Waals surface area contributed by atoms with Gasteiger partial charge in [0.15, 0.2) is 5.82 Å². The minimum Gasteiger partial charge on any atom is -0.401 e. The second kappa shape index (κ2) is 12.9. The molecular weight excluding hydrogens is 473 g/mol. The molecule has 2 aliphatic heterocycles. The number of aromatic nitrogens is 2. The number of aryl methyl sites for hydroxylation is 1. The third-order valence-corrected chi connectivity index (χ3v) is 8.78. The molecule has 0 amide bonds. The van der Waals surface area contributed by atoms with Gasteiger partial charge < -0.3 is 15.5 Å². The molecule has 38 heavy (non-hydrogen) atoms. The summed E-state index contributed by atoms with van der Waals surface area (Å²) in [4.78, 5) is 13.9. The lowest BCUT2D eigenvalue weighted by atomic mass is 9.90. The van der Waals surface area contributed by atoms with Crippen LogP contribution in [0.2, 0.25) is 0 Å². The Balaban J connectivity index is 1.27. The Bertz CT molecular complexity index is 1050. The fraction of sp³-hybridized carbons (Fsp3) is 0.562. The van der Waals surface area contributed by atoms with Gasteiger partial charge in [-0.2, -0.15) is 0 Å². The lowest BCUT2D eigenvalue weighted by molar-refractivity contribution is 0.0628. The van der Waals surface area contributed by atoms with E-state index in [1.54, 1.807) is 0 Å². The van der Waals surface area contributed by atoms with Gasteiger partial charge in [-0.25, -0.2) is 14.4 Å². The number of alkyl halides is 1. The van der Waals surface area contributed by atoms with Gasteiger partial charge in [0.05, 0.1) is 6.04 Å². The Morgan fingerprint density at radius 2 is 1.66 bits per heavy atom. The van der Waals surface area contributed by atoms with Crippen LogP contribution < -0.4 is 5.73 Å². The largest absolute Gasteiger partial charge is 0.401 e. The van der Waals surface area contributed by atoms with Crippen LogP contribution in [0.3, 0.4) is 0 Å². The summed E-state index contributed by atoms with van der Waals surface area (Å²) in [6.45, 7) is 15.8. The van der Waals surface area contributed by atoms with Crippen LogP contribution in [-0.2, 0) is 6.42 Å². The van der Waals surface area contributed by atoms with Crippen molar-refractivity contribution in [2.45, 2.75) is 83.3 Å². The lowest BCUT2D eigenvalue weighted by Crippen LogP contribution is -2.43. The number of nitrogens with zero attached hydrogens (tertiary/aromatic N) is 4. The van der Waals surface area contributed by atoms with Gasteiger partial charge in [-0.3, -0.25) is 0 Å². The van der Waals surface area contributed by atoms with E-state index in [0.29, 0.717) is 31.0 Å². The first-order chi connectivity index (χ1) is 18.3. The van der Waals surface area contributed by atoms with Crippen molar-refractivity contribution in [2.24, 2.45) is 11.7 Å². The minimum absolute atomic E-state index is 0.163. The van der Waals surface area contributed by atoms with Crippen LogP contribution in [-0.4, -0.2) is 57.7 Å². The second-order valence-electron chi connectivity index (χ2n) is 11.3. The van der Waals surface area contributed by atoms with Gasteiger partial charge in [-0.15, -0.1) is 0 Å². The molecule has 0 spiro atoms. The molecule has 206 valence electrons. The average Bonchev–Trinajstić information content (AvgIpc) is 2.96. The molecule has 2 saturated heterocycles. The van der Waals surface area contributed by atoms with Gasteiger partial charge in [-0.05, 0) is 87.9 Å². The number of halogens is 1. The summed E-state index contributed by atoms with van der Waals surface area (Å²) < 4.78 is 14.8. The Kier molecular flexibility index (Phi) is 9.59. The predicted octanol–water partition coefficient (Wildman–Crippen LogP) is 6.61. The van der Waals surface area contributed by atoms with E-state index in [1.807, 2.05) is 26.2 Å². The summed E-state index contributed by atoms with van der Waals surface area (Å²) in [7, 11) is 0. The Morgan fingerprint density at radius 3 is 2.26 bits per heavy atom. The van der Waals surface area contributed by atoms with Crippen LogP contribution in [0, 0.1) is 5.92 Å². The van der Waals surface area contributed by atoms with Gasteiger partial charge in [0.25, 0.3) is 0 Å². The van der Waals surface area contributed by atoms with Gasteiger partial charge in [0.1, 0.15) is 5.67 Å². The number of rotatable bonds is 11. The summed E-state index contributed by atoms with van der Waals surface area (Å²) in [5.41, 5.74) is 10.0. The van der Waals surface area contributed by atoms with Crippen molar-refractivity contribution in [3.8, 4) is 11.4 Å². The molecule has 2 aliphatic rings. The van der Waals surface area contributed by atoms with Crippen molar-refractivity contribution in [3.63, 3.8) is 0 Å². The van der Waals surface area contributed by atoms with Crippen LogP contribution in [0.5, 0.6) is 0 Å². The Labute approximate surface area is 229 Å². The first-order valence-electron chi connectivity index (χ1n) is 14.5. The molecular formula is C32H46FN5. The Morgan fingerprint density at radius 1 is 1.00 bits per heavy atom. The maximum Gasteiger partial charge on any atom is 0.159 e. The van der Waals surface area contributed by atoms with Gasteiger partial charge >= 0.3 is 0 Å². The smallest absolute Gasteiger partial charge is 0.159 e. The zero-order valence-electron chi connectivity index (χ0n) is 23.5. The zero-order chi connectivity index (χ0) is 27.1. The highest BCUT2D eigenvalue weighted by Gasteiger charge is 2.30. The molecule has 0 radical (unpaired) electrons. The monoisotopic (exact) mass is 519 g/mol. The normalized spacial score (nSPS) is 19.4. The topological polar surface area (TPSA) is 58.3 Å². The van der Waals surface area contributed by atoms with E-state index < -0.39 is 5.67 Å². The molecule has 1 unspecified atom stereocenters. The van der Waals surface area contributed by atoms with E-state index in [-0.39, 0.29) is 6.04 Å². The fourth-order valence-corrected chi connectivity index (χ4v) is 5.93. The third-order valence-electron chi connectivity index (χ3n) is 8.78. The molecule has 1 aromatic carbocycles. The fourth-order valence-electron chi connectivity index (χ4n) is 5.93. The number of likely N-dealkylation sites (tertiary alicyclic amines) is 2. The van der Waals surface area contributed by atoms with Crippen molar-refractivity contribution in [1.82, 2.24) is 19.8 Å². The highest BCUT2D eigenvalue weighted by atomic mass is 19.1. The number of hydrogen-bond donors (Lipinski definition) is 1. The lowest BCUT2D eigenvalue weighted by Gasteiger charge is -2.39. The second-order valence-corrected chi connectivity index (χ2v) is 11.3. The van der Waals surface area contributed by atoms with Gasteiger partial charge in [0, 0.05) is 42.4 Å². The molecule has 2 aromatic rings. The Hall–Kier alpha value is -2.73. The minimum atomic E-state index is -1.03. The van der Waals surface area contributed by atoms with Crippen molar-refractivity contribution >= 4 is 5.70 Å². The highest BCUT2D eigenvalue weighted by Crippen LogP contribution is 2.30. The van der Waals surface area contributed by atoms with E-state index in [9.17, 15) is 4.39 Å². The molecule has 0 bridgehead atoms. The maximum atomic E-state index is 14.8. The molecule has 0 aliphatic carbocycles. The summed E-state index contributed by atoms with van der Waals surface area (Å²) in [6, 6.07) is 8.50. The van der Waals surface area contributed by atoms with E-state index in [2.05, 4.69) is 57.2 Å². The molecule has 2 N–H and O–H groups in total. The number of piperidine rings is 2. The first kappa shape index (κ1) is 28.3. The van der Waals surface area contributed by atoms with E-state index in [0.717, 1.165) is 80.8 Å². The molecule has 5 nitrogen and oxygen atoms in total. The predicted molar refractivity (Wildman–Crippen MR) is 156 cm³/mol. The highest BCUT2D eigenvalue weighted by molar-refractivity contribution is 5.66. The number of hydrogen-bond acceptors (Lipinski definition) is 5. The third kappa shape index (κ3) is 7.02. The maximum absolute atomic E-state index is 14.8. The first-order valence-corrected chi connectivity index (χ1v) is 14.5. The average molecular weight is 520 g/mol. The zero-order valence-corrected chi connectivity index (χ0v) is 23.5. The van der Waals surface area contributed by atoms with Crippen molar-refractivity contribution in [1.29, 1.82) is 0 Å². The summed E-state index contributed by atoms with van der Waals surface area (Å²) in [5, 5.41) is 0. The number of nitrogens with two attached hydrogens (primary N) is 1. The number of benzene rings is 1. The van der Waals surface area contributed by atoms with E-state index >= 15 is 0 Å². The van der Waals surface area contributed by atoms with Crippen molar-refractivity contribution in [3.05, 3.63) is 66.6 Å². The van der Waals surface area contributed by atoms with Crippen LogP contribution in [0.15, 0.2) is 55.5 Å². The van der Waals surface area contributed by atoms with Crippen molar-refractivity contribution in [2.75, 3.05) is 26.2 Å². The van der Waals surface area contributed by atoms with Crippen LogP contribution in [0.4, 0.5) is 4.39 Å². The molecule has 1 aromatic heterocycles. The van der Waals surface area contributed by atoms with Crippen LogP contribution in [0.25, 0.3) is 17.1 Å². The molecule has 3 heterocycles. The summed E-state index contributed by atoms with van der Waals surface area (Å²) in [5.74, 6) is 1.44. The molecule has 2 fully saturated rings. The van der Waals surface area contributed by atoms with Crippen molar-refractivity contribution < 1.29 is 4.39 Å². The van der Waals surface area contributed by atoms with Gasteiger partial charge in [0.2, 0.25) is 0 Å². The van der Waals surface area contributed by atoms with Crippen LogP contribution in [0.1, 0.15) is 76.3 Å². The van der Waals surface area contributed by atoms with E-state index in [1.165, 1.54) is 12.0 Å². The summed E-state index contributed by atoms with van der Waals surface area (Å²) in [6.07, 6.45) is 12.9. The molecule has 1 atom stereocenters. The molecule has 6 heteroatoms. The molecule has 4 rings (SSSR count). The standard InChI is InChI=1S/C32H46FN5/c1-5-32(33,6-2)23-37-19-16-26(17-20-37)10-11-27-21-35-31(36-22-27)29-14-12-28(13-15-29)25(4)38-18-8-7-9-30(38)24(3)34/h12-15,21-22,26,30H,3-11,16-20,23,34H2,1-2H3. The van der Waals surface area contributed by atoms with Crippen LogP contribution >= 0.6 is 0 Å². The van der Waals surface area contributed by atoms with E-state index in [4.69, 9.17) is 5.73 Å². The SMILES string of the molecule is C=C(N)C1CCCCN1C(=C)c1ccc(-c2ncc(CCC3CCN(CC(F)(CC)CC)CC3)cn2)cc1. The quantitative estimate of drug-likeness (QED) is 0.362.